The first-order valence-corrected chi connectivity index (χ1v) is 4.28. The molecule has 1 rings (SSSR count). The van der Waals surface area contributed by atoms with Gasteiger partial charge in [-0.05, 0) is 6.42 Å². The van der Waals surface area contributed by atoms with Gasteiger partial charge in [-0.15, -0.1) is 0 Å². The van der Waals surface area contributed by atoms with Crippen molar-refractivity contribution >= 4 is 12.1 Å². The number of methoxy groups -OCH3 is 2. The number of amides is 1. The molecule has 1 saturated heterocycles. The van der Waals surface area contributed by atoms with Crippen LogP contribution >= 0.6 is 0 Å². The summed E-state index contributed by atoms with van der Waals surface area (Å²) in [7, 11) is 2.54. The van der Waals surface area contributed by atoms with Crippen LogP contribution in [0.4, 0.5) is 4.79 Å². The van der Waals surface area contributed by atoms with Crippen LogP contribution in [0.15, 0.2) is 0 Å². The highest BCUT2D eigenvalue weighted by Crippen LogP contribution is 2.18. The van der Waals surface area contributed by atoms with Crippen molar-refractivity contribution in [3.05, 3.63) is 0 Å². The van der Waals surface area contributed by atoms with Gasteiger partial charge in [-0.1, -0.05) is 0 Å². The predicted octanol–water partition coefficient (Wildman–Crippen LogP) is -0.673. The number of likely N-dealkylation sites (tertiary alicyclic amines) is 1. The maximum absolute atomic E-state index is 11.3. The molecule has 0 saturated carbocycles. The molecule has 0 aliphatic carbocycles. The average molecular weight is 202 g/mol. The van der Waals surface area contributed by atoms with Crippen molar-refractivity contribution in [1.29, 1.82) is 0 Å². The molecule has 0 radical (unpaired) electrons. The fourth-order valence-electron chi connectivity index (χ4n) is 1.55. The Balaban J connectivity index is 2.72. The Hall–Kier alpha value is -1.30. The standard InChI is InChI=1S/C8H14N2O4/c1-13-7(11)6-3-5(9)4-10(6)8(12)14-2/h5-6H,3-4,9H2,1-2H3/t5-,6+/m1/s1. The third-order valence-corrected chi connectivity index (χ3v) is 2.22. The van der Waals surface area contributed by atoms with Crippen LogP contribution in [0.2, 0.25) is 0 Å². The van der Waals surface area contributed by atoms with Gasteiger partial charge in [0, 0.05) is 12.6 Å². The van der Waals surface area contributed by atoms with Crippen molar-refractivity contribution in [3.63, 3.8) is 0 Å². The van der Waals surface area contributed by atoms with E-state index in [1.807, 2.05) is 0 Å². The maximum atomic E-state index is 11.3. The molecule has 1 heterocycles. The molecule has 1 amide bonds. The highest BCUT2D eigenvalue weighted by Gasteiger charge is 2.39. The summed E-state index contributed by atoms with van der Waals surface area (Å²) in [6, 6.07) is -0.805. The largest absolute Gasteiger partial charge is 0.467 e. The second-order valence-electron chi connectivity index (χ2n) is 3.16. The minimum Gasteiger partial charge on any atom is -0.467 e. The van der Waals surface area contributed by atoms with Crippen LogP contribution in [0, 0.1) is 0 Å². The van der Waals surface area contributed by atoms with E-state index < -0.39 is 18.1 Å². The zero-order valence-corrected chi connectivity index (χ0v) is 8.23. The second-order valence-corrected chi connectivity index (χ2v) is 3.16. The van der Waals surface area contributed by atoms with E-state index in [1.54, 1.807) is 0 Å². The summed E-state index contributed by atoms with van der Waals surface area (Å²) in [6.07, 6.45) is -0.129. The molecule has 1 fully saturated rings. The Bertz CT molecular complexity index is 219. The lowest BCUT2D eigenvalue weighted by atomic mass is 10.2. The molecular formula is C8H14N2O4. The fraction of sp³-hybridized carbons (Fsp3) is 0.750. The Morgan fingerprint density at radius 2 is 2.00 bits per heavy atom. The minimum absolute atomic E-state index is 0.196. The molecule has 1 aliphatic rings. The third kappa shape index (κ3) is 1.95. The lowest BCUT2D eigenvalue weighted by molar-refractivity contribution is -0.145. The minimum atomic E-state index is -0.609. The van der Waals surface area contributed by atoms with Crippen LogP contribution in [-0.4, -0.2) is 49.8 Å². The summed E-state index contributed by atoms with van der Waals surface area (Å²) in [5.74, 6) is -0.455. The molecule has 2 atom stereocenters. The third-order valence-electron chi connectivity index (χ3n) is 2.22. The summed E-state index contributed by atoms with van der Waals surface area (Å²) in [4.78, 5) is 23.8. The molecular weight excluding hydrogens is 188 g/mol. The summed E-state index contributed by atoms with van der Waals surface area (Å²) >= 11 is 0. The Morgan fingerprint density at radius 1 is 1.36 bits per heavy atom. The van der Waals surface area contributed by atoms with Crippen molar-refractivity contribution in [2.75, 3.05) is 20.8 Å². The molecule has 0 spiro atoms. The smallest absolute Gasteiger partial charge is 0.410 e. The van der Waals surface area contributed by atoms with E-state index in [-0.39, 0.29) is 6.04 Å². The van der Waals surface area contributed by atoms with Crippen LogP contribution in [0.3, 0.4) is 0 Å². The molecule has 6 nitrogen and oxygen atoms in total. The number of rotatable bonds is 1. The molecule has 80 valence electrons. The second kappa shape index (κ2) is 4.28. The van der Waals surface area contributed by atoms with Crippen molar-refractivity contribution in [1.82, 2.24) is 4.90 Å². The lowest BCUT2D eigenvalue weighted by Crippen LogP contribution is -2.41. The molecule has 0 aromatic rings. The zero-order valence-electron chi connectivity index (χ0n) is 8.23. The number of carbonyl (C=O) groups excluding carboxylic acids is 2. The monoisotopic (exact) mass is 202 g/mol. The van der Waals surface area contributed by atoms with Gasteiger partial charge in [-0.25, -0.2) is 9.59 Å². The van der Waals surface area contributed by atoms with Crippen molar-refractivity contribution in [2.24, 2.45) is 5.73 Å². The SMILES string of the molecule is COC(=O)[C@@H]1C[C@@H](N)CN1C(=O)OC. The number of hydrogen-bond donors (Lipinski definition) is 1. The Morgan fingerprint density at radius 3 is 2.50 bits per heavy atom. The molecule has 0 aromatic heterocycles. The van der Waals surface area contributed by atoms with Gasteiger partial charge in [0.2, 0.25) is 0 Å². The first kappa shape index (κ1) is 10.8. The first-order valence-electron chi connectivity index (χ1n) is 4.28. The van der Waals surface area contributed by atoms with Crippen LogP contribution in [0.5, 0.6) is 0 Å². The van der Waals surface area contributed by atoms with Crippen LogP contribution in [0.1, 0.15) is 6.42 Å². The van der Waals surface area contributed by atoms with Gasteiger partial charge in [-0.3, -0.25) is 4.90 Å². The lowest BCUT2D eigenvalue weighted by Gasteiger charge is -2.20. The van der Waals surface area contributed by atoms with Crippen LogP contribution in [0.25, 0.3) is 0 Å². The van der Waals surface area contributed by atoms with Gasteiger partial charge in [0.1, 0.15) is 6.04 Å². The quantitative estimate of drug-likeness (QED) is 0.570. The van der Waals surface area contributed by atoms with E-state index in [2.05, 4.69) is 9.47 Å². The first-order chi connectivity index (χ1) is 6.60. The van der Waals surface area contributed by atoms with E-state index >= 15 is 0 Å². The number of esters is 1. The van der Waals surface area contributed by atoms with Crippen LogP contribution in [-0.2, 0) is 14.3 Å². The highest BCUT2D eigenvalue weighted by molar-refractivity contribution is 5.82. The number of hydrogen-bond acceptors (Lipinski definition) is 5. The molecule has 0 unspecified atom stereocenters. The zero-order chi connectivity index (χ0) is 10.7. The number of nitrogens with zero attached hydrogens (tertiary/aromatic N) is 1. The van der Waals surface area contributed by atoms with Crippen molar-refractivity contribution in [3.8, 4) is 0 Å². The number of carbonyl (C=O) groups is 2. The normalized spacial score (nSPS) is 26.1. The van der Waals surface area contributed by atoms with E-state index in [0.717, 1.165) is 0 Å². The van der Waals surface area contributed by atoms with Gasteiger partial charge in [0.15, 0.2) is 0 Å². The molecule has 0 bridgehead atoms. The van der Waals surface area contributed by atoms with Gasteiger partial charge in [0.05, 0.1) is 14.2 Å². The summed E-state index contributed by atoms with van der Waals surface area (Å²) in [6.45, 7) is 0.326. The molecule has 14 heavy (non-hydrogen) atoms. The topological polar surface area (TPSA) is 81.9 Å². The molecule has 0 aromatic carbocycles. The van der Waals surface area contributed by atoms with E-state index in [1.165, 1.54) is 19.1 Å². The number of nitrogens with two attached hydrogens (primary N) is 1. The highest BCUT2D eigenvalue weighted by atomic mass is 16.5. The Labute approximate surface area is 81.9 Å². The van der Waals surface area contributed by atoms with E-state index in [4.69, 9.17) is 5.73 Å². The molecule has 2 N–H and O–H groups in total. The van der Waals surface area contributed by atoms with Crippen molar-refractivity contribution in [2.45, 2.75) is 18.5 Å². The van der Waals surface area contributed by atoms with E-state index in [9.17, 15) is 9.59 Å². The average Bonchev–Trinajstić information content (AvgIpc) is 2.58. The van der Waals surface area contributed by atoms with Gasteiger partial charge < -0.3 is 15.2 Å². The summed E-state index contributed by atoms with van der Waals surface area (Å²) in [5, 5.41) is 0. The summed E-state index contributed by atoms with van der Waals surface area (Å²) in [5.41, 5.74) is 5.64. The molecule has 6 heteroatoms. The fourth-order valence-corrected chi connectivity index (χ4v) is 1.55. The predicted molar refractivity (Wildman–Crippen MR) is 47.5 cm³/mol. The van der Waals surface area contributed by atoms with Gasteiger partial charge in [-0.2, -0.15) is 0 Å². The van der Waals surface area contributed by atoms with Crippen LogP contribution < -0.4 is 5.73 Å². The maximum Gasteiger partial charge on any atom is 0.410 e. The number of ether oxygens (including phenoxy) is 2. The Kier molecular flexibility index (Phi) is 3.29. The molecule has 1 aliphatic heterocycles. The van der Waals surface area contributed by atoms with Gasteiger partial charge >= 0.3 is 12.1 Å². The van der Waals surface area contributed by atoms with Crippen molar-refractivity contribution < 1.29 is 19.1 Å². The summed E-state index contributed by atoms with van der Waals surface area (Å²) < 4.78 is 9.09. The van der Waals surface area contributed by atoms with E-state index in [0.29, 0.717) is 13.0 Å². The van der Waals surface area contributed by atoms with Gasteiger partial charge in [0.25, 0.3) is 0 Å².